The highest BCUT2D eigenvalue weighted by Gasteiger charge is 2.76. The summed E-state index contributed by atoms with van der Waals surface area (Å²) in [6.45, 7) is 4.55. The molecule has 340 valence electrons. The number of ether oxygens (including phenoxy) is 2. The number of aliphatic hydroxyl groups excluding tert-OH is 1. The van der Waals surface area contributed by atoms with Crippen molar-refractivity contribution in [3.63, 3.8) is 0 Å². The van der Waals surface area contributed by atoms with Crippen molar-refractivity contribution >= 4 is 64.7 Å². The molecule has 3 saturated carbocycles. The molecular weight excluding hydrogens is 907 g/mol. The van der Waals surface area contributed by atoms with Gasteiger partial charge in [0.05, 0.1) is 30.1 Å². The minimum atomic E-state index is -5.05. The first-order chi connectivity index (χ1) is 29.7. The number of allylic oxidation sites excluding steroid dienone is 4. The number of ketones is 2. The molecule has 1 aromatic carbocycles. The van der Waals surface area contributed by atoms with Gasteiger partial charge in [0.2, 0.25) is 17.7 Å². The van der Waals surface area contributed by atoms with Crippen LogP contribution < -0.4 is 16.0 Å². The lowest BCUT2D eigenvalue weighted by Gasteiger charge is -2.59. The number of rotatable bonds is 16. The topological polar surface area (TPSA) is 269 Å². The summed E-state index contributed by atoms with van der Waals surface area (Å²) < 4.78 is 31.9. The summed E-state index contributed by atoms with van der Waals surface area (Å²) in [5.74, 6) is -4.15. The summed E-state index contributed by atoms with van der Waals surface area (Å²) in [4.78, 5) is 94.2. The third-order valence-corrected chi connectivity index (χ3v) is 15.0. The molecule has 3 amide bonds. The van der Waals surface area contributed by atoms with Crippen molar-refractivity contribution < 1.29 is 67.3 Å². The van der Waals surface area contributed by atoms with Gasteiger partial charge in [-0.1, -0.05) is 53.6 Å². The number of anilines is 1. The zero-order valence-electron chi connectivity index (χ0n) is 34.9. The van der Waals surface area contributed by atoms with E-state index in [0.717, 1.165) is 11.1 Å². The summed E-state index contributed by atoms with van der Waals surface area (Å²) >= 11 is 2.98. The van der Waals surface area contributed by atoms with Gasteiger partial charge in [0.15, 0.2) is 23.5 Å². The Labute approximate surface area is 371 Å². The number of carbonyl (C=O) groups excluding carboxylic acids is 5. The van der Waals surface area contributed by atoms with Gasteiger partial charge < -0.3 is 50.0 Å². The summed E-state index contributed by atoms with van der Waals surface area (Å²) in [6.07, 6.45) is 7.23. The Balaban J connectivity index is 1.07. The minimum absolute atomic E-state index is 0.0185. The number of hydrogen-bond acceptors (Lipinski definition) is 11. The smallest absolute Gasteiger partial charge is 0.470 e. The molecule has 0 unspecified atom stereocenters. The van der Waals surface area contributed by atoms with E-state index in [-0.39, 0.29) is 54.2 Å². The number of carbonyl (C=O) groups is 6. The van der Waals surface area contributed by atoms with Gasteiger partial charge in [0, 0.05) is 46.8 Å². The van der Waals surface area contributed by atoms with Crippen molar-refractivity contribution in [3.8, 4) is 0 Å². The average Bonchev–Trinajstić information content (AvgIpc) is 3.93. The number of phosphoric ester groups is 1. The predicted octanol–water partition coefficient (Wildman–Crippen LogP) is 3.62. The molecule has 5 aliphatic rings. The fourth-order valence-electron chi connectivity index (χ4n) is 11.0. The molecule has 0 bridgehead atoms. The van der Waals surface area contributed by atoms with Crippen molar-refractivity contribution in [2.75, 3.05) is 23.8 Å². The maximum absolute atomic E-state index is 14.4. The standard InChI is InChI=1S/C43H52BrN4O14P/c1-23(24-4-7-27(8-5-24)46-39(56)31(10-11-37(54)55)47-36(53)20-45-35(52)19-44)48-15-13-25(21-48)40-61-34-17-30-29-9-6-26-16-28(49)12-14-41(26,2)38(29)32(50)18-42(30,3)43(34,62-40)33(51)22-60-63(57,58)59/h4-5,7-8,12-16,21,23,29-32,34,38,40,50H,6,9-11,17-20,22H2,1-3H3,(H,45,52)(H,46,56)(H,47,53)(H,54,55)(H2,57,58,59)/t23-,29-,30-,31-,32-,34+,38+,40+,41-,42-,43+/m0/s1. The lowest BCUT2D eigenvalue weighted by Crippen LogP contribution is -2.63. The summed E-state index contributed by atoms with van der Waals surface area (Å²) in [5, 5.41) is 28.7. The molecule has 4 fully saturated rings. The van der Waals surface area contributed by atoms with Gasteiger partial charge in [-0.3, -0.25) is 33.3 Å². The number of aliphatic carboxylic acids is 1. The quantitative estimate of drug-likeness (QED) is 0.0937. The van der Waals surface area contributed by atoms with Crippen LogP contribution in [0.25, 0.3) is 0 Å². The Bertz CT molecular complexity index is 2280. The van der Waals surface area contributed by atoms with Gasteiger partial charge in [-0.2, -0.15) is 0 Å². The molecule has 2 heterocycles. The van der Waals surface area contributed by atoms with Gasteiger partial charge in [0.25, 0.3) is 0 Å². The molecule has 0 spiro atoms. The van der Waals surface area contributed by atoms with Crippen molar-refractivity contribution in [2.24, 2.45) is 28.6 Å². The van der Waals surface area contributed by atoms with Crippen molar-refractivity contribution in [3.05, 3.63) is 77.7 Å². The molecule has 2 aromatic rings. The molecule has 11 atom stereocenters. The number of Topliss-reactive ketones (excluding diaryl/α,β-unsaturated/α-hetero) is 1. The maximum Gasteiger partial charge on any atom is 0.470 e. The second-order valence-corrected chi connectivity index (χ2v) is 19.4. The number of phosphoric acid groups is 1. The van der Waals surface area contributed by atoms with Crippen LogP contribution in [0.5, 0.6) is 0 Å². The first-order valence-corrected chi connectivity index (χ1v) is 23.4. The number of nitrogens with one attached hydrogen (secondary N) is 3. The second kappa shape index (κ2) is 17.9. The molecule has 7 N–H and O–H groups in total. The number of hydrogen-bond donors (Lipinski definition) is 7. The van der Waals surface area contributed by atoms with Crippen molar-refractivity contribution in [1.29, 1.82) is 0 Å². The van der Waals surface area contributed by atoms with Gasteiger partial charge >= 0.3 is 13.8 Å². The largest absolute Gasteiger partial charge is 0.481 e. The van der Waals surface area contributed by atoms with E-state index in [1.807, 2.05) is 43.8 Å². The van der Waals surface area contributed by atoms with Crippen LogP contribution in [-0.2, 0) is 47.3 Å². The molecule has 7 rings (SSSR count). The Morgan fingerprint density at radius 1 is 1.10 bits per heavy atom. The highest BCUT2D eigenvalue weighted by molar-refractivity contribution is 9.09. The van der Waals surface area contributed by atoms with Crippen molar-refractivity contribution in [1.82, 2.24) is 15.2 Å². The van der Waals surface area contributed by atoms with Crippen LogP contribution >= 0.6 is 23.8 Å². The van der Waals surface area contributed by atoms with E-state index in [0.29, 0.717) is 30.5 Å². The van der Waals surface area contributed by atoms with E-state index in [1.165, 1.54) is 0 Å². The average molecular weight is 960 g/mol. The number of carboxylic acid groups (broad SMARTS) is 1. The normalized spacial score (nSPS) is 31.7. The van der Waals surface area contributed by atoms with Gasteiger partial charge in [0.1, 0.15) is 12.6 Å². The third kappa shape index (κ3) is 9.03. The number of alkyl halides is 1. The first-order valence-electron chi connectivity index (χ1n) is 20.8. The molecule has 1 aromatic heterocycles. The Hall–Kier alpha value is -4.33. The molecule has 1 saturated heterocycles. The van der Waals surface area contributed by atoms with Gasteiger partial charge in [-0.15, -0.1) is 0 Å². The molecule has 18 nitrogen and oxygen atoms in total. The van der Waals surface area contributed by atoms with Crippen LogP contribution in [0.1, 0.15) is 82.8 Å². The van der Waals surface area contributed by atoms with E-state index in [9.17, 15) is 53.3 Å². The molecule has 1 aliphatic heterocycles. The number of halogens is 1. The van der Waals surface area contributed by atoms with Crippen LogP contribution in [0.2, 0.25) is 0 Å². The van der Waals surface area contributed by atoms with Crippen LogP contribution in [0.4, 0.5) is 5.69 Å². The zero-order valence-corrected chi connectivity index (χ0v) is 37.4. The zero-order chi connectivity index (χ0) is 45.6. The maximum atomic E-state index is 14.4. The number of amides is 3. The molecular formula is C43H52BrN4O14P. The Kier molecular flexibility index (Phi) is 13.3. The fourth-order valence-corrected chi connectivity index (χ4v) is 11.5. The number of nitrogens with zero attached hydrogens (tertiary/aromatic N) is 1. The monoisotopic (exact) mass is 958 g/mol. The lowest BCUT2D eigenvalue weighted by molar-refractivity contribution is -0.200. The number of fused-ring (bicyclic) bond motifs is 7. The molecule has 63 heavy (non-hydrogen) atoms. The van der Waals surface area contributed by atoms with Crippen LogP contribution in [0, 0.1) is 28.6 Å². The van der Waals surface area contributed by atoms with E-state index in [1.54, 1.807) is 42.5 Å². The summed E-state index contributed by atoms with van der Waals surface area (Å²) in [6, 6.07) is 7.23. The summed E-state index contributed by atoms with van der Waals surface area (Å²) in [5.41, 5.74) is -0.525. The van der Waals surface area contributed by atoms with Crippen LogP contribution in [-0.4, -0.2) is 102 Å². The van der Waals surface area contributed by atoms with E-state index >= 15 is 0 Å². The van der Waals surface area contributed by atoms with Crippen molar-refractivity contribution in [2.45, 2.75) is 95.5 Å². The molecule has 4 aliphatic carbocycles. The van der Waals surface area contributed by atoms with Gasteiger partial charge in [-0.05, 0) is 86.8 Å². The number of carboxylic acids is 1. The summed E-state index contributed by atoms with van der Waals surface area (Å²) in [7, 11) is -5.05. The number of aliphatic hydroxyl groups is 1. The second-order valence-electron chi connectivity index (χ2n) is 17.6. The van der Waals surface area contributed by atoms with E-state index < -0.39 is 91.4 Å². The highest BCUT2D eigenvalue weighted by atomic mass is 79.9. The minimum Gasteiger partial charge on any atom is -0.481 e. The van der Waals surface area contributed by atoms with E-state index in [4.69, 9.17) is 14.0 Å². The third-order valence-electron chi connectivity index (χ3n) is 14.0. The number of benzene rings is 1. The fraction of sp³-hybridized carbons (Fsp3) is 0.535. The van der Waals surface area contributed by atoms with Crippen LogP contribution in [0.3, 0.4) is 0 Å². The van der Waals surface area contributed by atoms with E-state index in [2.05, 4.69) is 31.9 Å². The Morgan fingerprint density at radius 3 is 2.51 bits per heavy atom. The lowest BCUT2D eigenvalue weighted by atomic mass is 9.46. The van der Waals surface area contributed by atoms with Gasteiger partial charge in [-0.25, -0.2) is 4.57 Å². The molecule has 0 radical (unpaired) electrons. The highest BCUT2D eigenvalue weighted by Crippen LogP contribution is 2.70. The number of aromatic nitrogens is 1. The van der Waals surface area contributed by atoms with Crippen LogP contribution in [0.15, 0.2) is 66.5 Å². The Morgan fingerprint density at radius 2 is 1.83 bits per heavy atom. The first kappa shape index (κ1) is 46.7. The molecule has 20 heteroatoms. The predicted molar refractivity (Wildman–Crippen MR) is 227 cm³/mol. The SMILES string of the molecule is C[C@@H](c1ccc(NC(=O)[C@H](CCC(=O)O)NC(=O)CNC(=O)CBr)cc1)n1ccc([C@@H]2O[C@@H]3C[C@H]4[C@@H]5CCC6=CC(=O)C=C[C@]6(C)[C@H]5[C@@H](O)C[C@]4(C)[C@]3(C(=O)COP(=O)(O)O)O2)c1.